The van der Waals surface area contributed by atoms with Gasteiger partial charge in [-0.25, -0.2) is 0 Å². The lowest BCUT2D eigenvalue weighted by Gasteiger charge is -2.23. The highest BCUT2D eigenvalue weighted by atomic mass is 16.6. The van der Waals surface area contributed by atoms with Crippen LogP contribution >= 0.6 is 0 Å². The van der Waals surface area contributed by atoms with E-state index in [2.05, 4.69) is 4.98 Å². The first kappa shape index (κ1) is 15.4. The van der Waals surface area contributed by atoms with Gasteiger partial charge in [-0.1, -0.05) is 6.07 Å². The third-order valence-corrected chi connectivity index (χ3v) is 5.85. The SMILES string of the molecule is O=C(c1ccc2cc[nH]c2c1)N1CC[C@@]2(C[C@H](OCC3CC3)CO2)C1. The number of aromatic nitrogens is 1. The quantitative estimate of drug-likeness (QED) is 0.931. The zero-order chi connectivity index (χ0) is 16.9. The maximum absolute atomic E-state index is 12.9. The van der Waals surface area contributed by atoms with Crippen molar-refractivity contribution in [2.45, 2.75) is 37.4 Å². The van der Waals surface area contributed by atoms with Gasteiger partial charge in [0.05, 0.1) is 24.9 Å². The maximum atomic E-state index is 12.9. The molecule has 25 heavy (non-hydrogen) atoms. The Morgan fingerprint density at radius 2 is 2.28 bits per heavy atom. The van der Waals surface area contributed by atoms with Crippen LogP contribution in [0.15, 0.2) is 30.5 Å². The Labute approximate surface area is 147 Å². The van der Waals surface area contributed by atoms with Crippen LogP contribution in [0.3, 0.4) is 0 Å². The summed E-state index contributed by atoms with van der Waals surface area (Å²) < 4.78 is 12.1. The number of carbonyl (C=O) groups excluding carboxylic acids is 1. The summed E-state index contributed by atoms with van der Waals surface area (Å²) in [5, 5.41) is 1.13. The molecule has 5 nitrogen and oxygen atoms in total. The smallest absolute Gasteiger partial charge is 0.254 e. The fourth-order valence-corrected chi connectivity index (χ4v) is 4.13. The number of benzene rings is 1. The average Bonchev–Trinajstić information content (AvgIpc) is 3.04. The van der Waals surface area contributed by atoms with E-state index in [1.165, 1.54) is 12.8 Å². The summed E-state index contributed by atoms with van der Waals surface area (Å²) in [6, 6.07) is 7.88. The molecule has 3 heterocycles. The number of likely N-dealkylation sites (tertiary alicyclic amines) is 1. The van der Waals surface area contributed by atoms with Crippen LogP contribution in [0, 0.1) is 5.92 Å². The molecule has 1 spiro atoms. The normalized spacial score (nSPS) is 29.1. The van der Waals surface area contributed by atoms with E-state index in [-0.39, 0.29) is 17.6 Å². The lowest BCUT2D eigenvalue weighted by Crippen LogP contribution is -2.36. The first-order valence-corrected chi connectivity index (χ1v) is 9.33. The van der Waals surface area contributed by atoms with Crippen molar-refractivity contribution in [3.63, 3.8) is 0 Å². The minimum absolute atomic E-state index is 0.0966. The molecule has 2 aliphatic heterocycles. The van der Waals surface area contributed by atoms with Gasteiger partial charge in [-0.2, -0.15) is 0 Å². The molecule has 0 bridgehead atoms. The molecule has 1 saturated carbocycles. The molecule has 1 aromatic heterocycles. The molecule has 0 unspecified atom stereocenters. The van der Waals surface area contributed by atoms with Crippen LogP contribution in [-0.4, -0.2) is 53.8 Å². The number of fused-ring (bicyclic) bond motifs is 1. The van der Waals surface area contributed by atoms with Gasteiger partial charge in [0.25, 0.3) is 5.91 Å². The zero-order valence-electron chi connectivity index (χ0n) is 14.4. The van der Waals surface area contributed by atoms with Crippen LogP contribution in [0.1, 0.15) is 36.0 Å². The Morgan fingerprint density at radius 3 is 3.16 bits per heavy atom. The van der Waals surface area contributed by atoms with Crippen molar-refractivity contribution in [1.29, 1.82) is 0 Å². The topological polar surface area (TPSA) is 54.6 Å². The van der Waals surface area contributed by atoms with Crippen molar-refractivity contribution in [3.05, 3.63) is 36.0 Å². The minimum Gasteiger partial charge on any atom is -0.375 e. The van der Waals surface area contributed by atoms with Crippen LogP contribution < -0.4 is 0 Å². The van der Waals surface area contributed by atoms with Gasteiger partial charge in [-0.05, 0) is 48.8 Å². The number of H-pyrrole nitrogens is 1. The lowest BCUT2D eigenvalue weighted by atomic mass is 9.98. The van der Waals surface area contributed by atoms with E-state index in [0.29, 0.717) is 13.2 Å². The molecule has 5 heteroatoms. The molecule has 1 aromatic carbocycles. The van der Waals surface area contributed by atoms with E-state index in [1.54, 1.807) is 0 Å². The van der Waals surface area contributed by atoms with Crippen LogP contribution in [0.2, 0.25) is 0 Å². The predicted octanol–water partition coefficient (Wildman–Crippen LogP) is 2.97. The number of nitrogens with one attached hydrogen (secondary N) is 1. The third-order valence-electron chi connectivity index (χ3n) is 5.85. The monoisotopic (exact) mass is 340 g/mol. The van der Waals surface area contributed by atoms with E-state index >= 15 is 0 Å². The Balaban J connectivity index is 1.24. The molecule has 1 aliphatic carbocycles. The van der Waals surface area contributed by atoms with Gasteiger partial charge < -0.3 is 19.4 Å². The molecule has 3 aliphatic rings. The van der Waals surface area contributed by atoms with Crippen molar-refractivity contribution in [1.82, 2.24) is 9.88 Å². The number of hydrogen-bond donors (Lipinski definition) is 1. The molecule has 1 N–H and O–H groups in total. The first-order valence-electron chi connectivity index (χ1n) is 9.33. The fourth-order valence-electron chi connectivity index (χ4n) is 4.13. The van der Waals surface area contributed by atoms with Crippen molar-refractivity contribution in [2.75, 3.05) is 26.3 Å². The van der Waals surface area contributed by atoms with Gasteiger partial charge in [0.15, 0.2) is 0 Å². The number of rotatable bonds is 4. The van der Waals surface area contributed by atoms with Crippen LogP contribution in [0.4, 0.5) is 0 Å². The van der Waals surface area contributed by atoms with Gasteiger partial charge in [0.2, 0.25) is 0 Å². The van der Waals surface area contributed by atoms with Gasteiger partial charge in [0.1, 0.15) is 0 Å². The summed E-state index contributed by atoms with van der Waals surface area (Å²) in [5.74, 6) is 0.875. The molecular weight excluding hydrogens is 316 g/mol. The average molecular weight is 340 g/mol. The van der Waals surface area contributed by atoms with Crippen LogP contribution in [-0.2, 0) is 9.47 Å². The highest BCUT2D eigenvalue weighted by Crippen LogP contribution is 2.38. The number of ether oxygens (including phenoxy) is 2. The Kier molecular flexibility index (Phi) is 3.61. The second kappa shape index (κ2) is 5.85. The molecular formula is C20H24N2O3. The summed E-state index contributed by atoms with van der Waals surface area (Å²) in [4.78, 5) is 18.0. The number of nitrogens with zero attached hydrogens (tertiary/aromatic N) is 1. The zero-order valence-corrected chi connectivity index (χ0v) is 14.4. The molecule has 3 fully saturated rings. The maximum Gasteiger partial charge on any atom is 0.254 e. The highest BCUT2D eigenvalue weighted by Gasteiger charge is 2.47. The van der Waals surface area contributed by atoms with Crippen LogP contribution in [0.5, 0.6) is 0 Å². The molecule has 2 aromatic rings. The fraction of sp³-hybridized carbons (Fsp3) is 0.550. The Bertz CT molecular complexity index is 797. The van der Waals surface area contributed by atoms with Gasteiger partial charge in [0, 0.05) is 36.8 Å². The van der Waals surface area contributed by atoms with E-state index < -0.39 is 0 Å². The summed E-state index contributed by atoms with van der Waals surface area (Å²) in [6.45, 7) is 2.99. The van der Waals surface area contributed by atoms with E-state index in [1.807, 2.05) is 35.4 Å². The molecule has 132 valence electrons. The Hall–Kier alpha value is -1.85. The molecule has 0 radical (unpaired) electrons. The van der Waals surface area contributed by atoms with Crippen molar-refractivity contribution < 1.29 is 14.3 Å². The molecule has 2 saturated heterocycles. The summed E-state index contributed by atoms with van der Waals surface area (Å²) >= 11 is 0. The third kappa shape index (κ3) is 2.96. The Morgan fingerprint density at radius 1 is 1.36 bits per heavy atom. The van der Waals surface area contributed by atoms with Crippen LogP contribution in [0.25, 0.3) is 10.9 Å². The highest BCUT2D eigenvalue weighted by molar-refractivity contribution is 5.98. The van der Waals surface area contributed by atoms with Gasteiger partial charge in [-0.15, -0.1) is 0 Å². The van der Waals surface area contributed by atoms with Crippen molar-refractivity contribution in [3.8, 4) is 0 Å². The van der Waals surface area contributed by atoms with Gasteiger partial charge in [-0.3, -0.25) is 4.79 Å². The standard InChI is InChI=1S/C20H24N2O3/c23-19(16-4-3-15-5-7-21-18(15)9-16)22-8-6-20(13-22)10-17(12-25-20)24-11-14-1-2-14/h3-5,7,9,14,17,21H,1-2,6,8,10-13H2/t17-,20+/m0/s1. The summed E-state index contributed by atoms with van der Waals surface area (Å²) in [7, 11) is 0. The number of carbonyl (C=O) groups is 1. The molecule has 5 rings (SSSR count). The summed E-state index contributed by atoms with van der Waals surface area (Å²) in [5.41, 5.74) is 1.55. The molecule has 1 amide bonds. The van der Waals surface area contributed by atoms with Crippen molar-refractivity contribution in [2.24, 2.45) is 5.92 Å². The predicted molar refractivity (Wildman–Crippen MR) is 94.6 cm³/mol. The first-order chi connectivity index (χ1) is 12.2. The van der Waals surface area contributed by atoms with E-state index in [0.717, 1.165) is 48.4 Å². The summed E-state index contributed by atoms with van der Waals surface area (Å²) in [6.07, 6.45) is 6.55. The number of amides is 1. The van der Waals surface area contributed by atoms with Crippen molar-refractivity contribution >= 4 is 16.8 Å². The largest absolute Gasteiger partial charge is 0.375 e. The number of aromatic amines is 1. The van der Waals surface area contributed by atoms with E-state index in [9.17, 15) is 4.79 Å². The van der Waals surface area contributed by atoms with E-state index in [4.69, 9.17) is 9.47 Å². The molecule has 2 atom stereocenters. The minimum atomic E-state index is -0.194. The lowest BCUT2D eigenvalue weighted by molar-refractivity contribution is 0.00157. The second-order valence-electron chi connectivity index (χ2n) is 7.85. The number of hydrogen-bond acceptors (Lipinski definition) is 3. The van der Waals surface area contributed by atoms with Gasteiger partial charge >= 0.3 is 0 Å². The second-order valence-corrected chi connectivity index (χ2v) is 7.85.